The molecule has 1 heterocycles. The summed E-state index contributed by atoms with van der Waals surface area (Å²) in [7, 11) is 0. The van der Waals surface area contributed by atoms with Crippen LogP contribution in [0.1, 0.15) is 21.6 Å². The maximum absolute atomic E-state index is 12.3. The lowest BCUT2D eigenvalue weighted by atomic mass is 10.1. The van der Waals surface area contributed by atoms with Gasteiger partial charge in [0.1, 0.15) is 11.6 Å². The molecular formula is C21H17N3OS. The highest BCUT2D eigenvalue weighted by atomic mass is 32.1. The van der Waals surface area contributed by atoms with Crippen LogP contribution in [-0.2, 0) is 11.2 Å². The number of carbonyl (C=O) groups excluding carboxylic acids is 1. The lowest BCUT2D eigenvalue weighted by Crippen LogP contribution is -2.13. The molecule has 0 aliphatic heterocycles. The first-order valence-electron chi connectivity index (χ1n) is 8.12. The third kappa shape index (κ3) is 4.65. The van der Waals surface area contributed by atoms with Crippen LogP contribution in [0, 0.1) is 18.3 Å². The van der Waals surface area contributed by atoms with E-state index >= 15 is 0 Å². The van der Waals surface area contributed by atoms with Gasteiger partial charge in [-0.2, -0.15) is 5.26 Å². The minimum absolute atomic E-state index is 0.0497. The van der Waals surface area contributed by atoms with E-state index in [9.17, 15) is 10.1 Å². The summed E-state index contributed by atoms with van der Waals surface area (Å²) >= 11 is 1.41. The van der Waals surface area contributed by atoms with Crippen LogP contribution in [0.3, 0.4) is 0 Å². The van der Waals surface area contributed by atoms with E-state index < -0.39 is 5.91 Å². The minimum atomic E-state index is -0.450. The van der Waals surface area contributed by atoms with Crippen molar-refractivity contribution in [2.24, 2.45) is 0 Å². The van der Waals surface area contributed by atoms with Crippen molar-refractivity contribution in [3.05, 3.63) is 87.9 Å². The van der Waals surface area contributed by atoms with Gasteiger partial charge in [-0.25, -0.2) is 4.98 Å². The topological polar surface area (TPSA) is 65.8 Å². The molecular weight excluding hydrogens is 342 g/mol. The molecule has 1 amide bonds. The Bertz CT molecular complexity index is 966. The summed E-state index contributed by atoms with van der Waals surface area (Å²) in [6.07, 6.45) is 4.09. The van der Waals surface area contributed by atoms with Crippen LogP contribution in [0.15, 0.2) is 66.4 Å². The molecule has 1 N–H and O–H groups in total. The SMILES string of the molecule is Cc1ccc(/C=C(\C#N)C(=O)Nc2ncc(Cc3ccccc3)s2)cc1. The van der Waals surface area contributed by atoms with E-state index in [0.29, 0.717) is 5.13 Å². The van der Waals surface area contributed by atoms with Crippen molar-refractivity contribution in [1.29, 1.82) is 5.26 Å². The smallest absolute Gasteiger partial charge is 0.268 e. The fourth-order valence-electron chi connectivity index (χ4n) is 2.39. The zero-order valence-corrected chi connectivity index (χ0v) is 15.1. The van der Waals surface area contributed by atoms with Gasteiger partial charge in [-0.3, -0.25) is 10.1 Å². The Morgan fingerprint density at radius 1 is 1.19 bits per heavy atom. The number of nitrogens with zero attached hydrogens (tertiary/aromatic N) is 2. The molecule has 0 bridgehead atoms. The monoisotopic (exact) mass is 359 g/mol. The summed E-state index contributed by atoms with van der Waals surface area (Å²) in [5.41, 5.74) is 3.17. The Labute approximate surface area is 156 Å². The second-order valence-corrected chi connectivity index (χ2v) is 6.94. The van der Waals surface area contributed by atoms with Gasteiger partial charge in [0.05, 0.1) is 0 Å². The summed E-state index contributed by atoms with van der Waals surface area (Å²) in [5, 5.41) is 12.5. The summed E-state index contributed by atoms with van der Waals surface area (Å²) in [4.78, 5) is 17.6. The third-order valence-corrected chi connectivity index (χ3v) is 4.66. The Balaban J connectivity index is 1.69. The summed E-state index contributed by atoms with van der Waals surface area (Å²) in [6.45, 7) is 1.99. The first-order valence-corrected chi connectivity index (χ1v) is 8.94. The number of aromatic nitrogens is 1. The Morgan fingerprint density at radius 2 is 1.92 bits per heavy atom. The number of benzene rings is 2. The molecule has 26 heavy (non-hydrogen) atoms. The molecule has 0 radical (unpaired) electrons. The zero-order chi connectivity index (χ0) is 18.4. The number of aryl methyl sites for hydroxylation is 1. The predicted molar refractivity (Wildman–Crippen MR) is 105 cm³/mol. The van der Waals surface area contributed by atoms with Gasteiger partial charge in [-0.1, -0.05) is 60.2 Å². The molecule has 5 heteroatoms. The van der Waals surface area contributed by atoms with Gasteiger partial charge in [0.15, 0.2) is 5.13 Å². The number of anilines is 1. The van der Waals surface area contributed by atoms with Crippen LogP contribution < -0.4 is 5.32 Å². The lowest BCUT2D eigenvalue weighted by Gasteiger charge is -2.01. The van der Waals surface area contributed by atoms with Crippen LogP contribution >= 0.6 is 11.3 Å². The van der Waals surface area contributed by atoms with Crippen LogP contribution in [0.4, 0.5) is 5.13 Å². The molecule has 0 aliphatic carbocycles. The average Bonchev–Trinajstić information content (AvgIpc) is 3.08. The number of nitriles is 1. The number of thiazole rings is 1. The molecule has 0 unspecified atom stereocenters. The normalized spacial score (nSPS) is 11.0. The first-order chi connectivity index (χ1) is 12.6. The number of rotatable bonds is 5. The van der Waals surface area contributed by atoms with Gasteiger partial charge >= 0.3 is 0 Å². The van der Waals surface area contributed by atoms with Gasteiger partial charge in [-0.05, 0) is 24.1 Å². The van der Waals surface area contributed by atoms with Gasteiger partial charge in [0.2, 0.25) is 0 Å². The highest BCUT2D eigenvalue weighted by Crippen LogP contribution is 2.22. The molecule has 128 valence electrons. The zero-order valence-electron chi connectivity index (χ0n) is 14.3. The molecule has 0 atom stereocenters. The van der Waals surface area contributed by atoms with Gasteiger partial charge in [-0.15, -0.1) is 11.3 Å². The highest BCUT2D eigenvalue weighted by Gasteiger charge is 2.12. The molecule has 0 saturated carbocycles. The number of hydrogen-bond donors (Lipinski definition) is 1. The fourth-order valence-corrected chi connectivity index (χ4v) is 3.23. The maximum atomic E-state index is 12.3. The van der Waals surface area contributed by atoms with Gasteiger partial charge in [0, 0.05) is 17.5 Å². The molecule has 4 nitrogen and oxygen atoms in total. The number of amides is 1. The molecule has 3 rings (SSSR count). The van der Waals surface area contributed by atoms with Crippen molar-refractivity contribution in [2.75, 3.05) is 5.32 Å². The quantitative estimate of drug-likeness (QED) is 0.535. The Hall–Kier alpha value is -3.23. The van der Waals surface area contributed by atoms with Crippen LogP contribution in [-0.4, -0.2) is 10.9 Å². The summed E-state index contributed by atoms with van der Waals surface area (Å²) in [6, 6.07) is 19.7. The molecule has 3 aromatic rings. The summed E-state index contributed by atoms with van der Waals surface area (Å²) < 4.78 is 0. The summed E-state index contributed by atoms with van der Waals surface area (Å²) in [5.74, 6) is -0.450. The van der Waals surface area contributed by atoms with Crippen molar-refractivity contribution >= 4 is 28.5 Å². The van der Waals surface area contributed by atoms with E-state index in [1.807, 2.05) is 55.5 Å². The molecule has 0 fully saturated rings. The molecule has 0 aliphatic rings. The van der Waals surface area contributed by atoms with E-state index in [4.69, 9.17) is 0 Å². The number of nitrogens with one attached hydrogen (secondary N) is 1. The highest BCUT2D eigenvalue weighted by molar-refractivity contribution is 7.15. The van der Waals surface area contributed by atoms with Gasteiger partial charge < -0.3 is 0 Å². The van der Waals surface area contributed by atoms with Gasteiger partial charge in [0.25, 0.3) is 5.91 Å². The van der Waals surface area contributed by atoms with E-state index in [0.717, 1.165) is 22.4 Å². The van der Waals surface area contributed by atoms with Crippen LogP contribution in [0.25, 0.3) is 6.08 Å². The van der Waals surface area contributed by atoms with Crippen molar-refractivity contribution in [3.63, 3.8) is 0 Å². The Morgan fingerprint density at radius 3 is 2.62 bits per heavy atom. The molecule has 1 aromatic heterocycles. The minimum Gasteiger partial charge on any atom is -0.297 e. The van der Waals surface area contributed by atoms with Crippen molar-refractivity contribution in [1.82, 2.24) is 4.98 Å². The fraction of sp³-hybridized carbons (Fsp3) is 0.0952. The maximum Gasteiger partial charge on any atom is 0.268 e. The third-order valence-electron chi connectivity index (χ3n) is 3.75. The standard InChI is InChI=1S/C21H17N3OS/c1-15-7-9-17(10-8-15)11-18(13-22)20(25)24-21-23-14-19(26-21)12-16-5-3-2-4-6-16/h2-11,14H,12H2,1H3,(H,23,24,25)/b18-11+. The number of carbonyl (C=O) groups is 1. The first kappa shape index (κ1) is 17.6. The molecule has 2 aromatic carbocycles. The van der Waals surface area contributed by atoms with Crippen LogP contribution in [0.5, 0.6) is 0 Å². The van der Waals surface area contributed by atoms with E-state index in [-0.39, 0.29) is 5.57 Å². The average molecular weight is 359 g/mol. The second-order valence-electron chi connectivity index (χ2n) is 5.83. The molecule has 0 saturated heterocycles. The second kappa shape index (κ2) is 8.24. The lowest BCUT2D eigenvalue weighted by molar-refractivity contribution is -0.112. The predicted octanol–water partition coefficient (Wildman–Crippen LogP) is 4.59. The van der Waals surface area contributed by atoms with E-state index in [1.54, 1.807) is 12.3 Å². The number of hydrogen-bond acceptors (Lipinski definition) is 4. The van der Waals surface area contributed by atoms with Crippen LogP contribution in [0.2, 0.25) is 0 Å². The van der Waals surface area contributed by atoms with E-state index in [2.05, 4.69) is 22.4 Å². The largest absolute Gasteiger partial charge is 0.297 e. The van der Waals surface area contributed by atoms with Crippen molar-refractivity contribution in [3.8, 4) is 6.07 Å². The Kier molecular flexibility index (Phi) is 5.57. The van der Waals surface area contributed by atoms with Crippen molar-refractivity contribution < 1.29 is 4.79 Å². The van der Waals surface area contributed by atoms with Crippen molar-refractivity contribution in [2.45, 2.75) is 13.3 Å². The van der Waals surface area contributed by atoms with E-state index in [1.165, 1.54) is 16.9 Å². The molecule has 0 spiro atoms.